The summed E-state index contributed by atoms with van der Waals surface area (Å²) in [6.45, 7) is 3.97. The van der Waals surface area contributed by atoms with E-state index < -0.39 is 5.97 Å². The van der Waals surface area contributed by atoms with Crippen LogP contribution >= 0.6 is 0 Å². The Balaban J connectivity index is 2.36. The Bertz CT molecular complexity index is 755. The first-order valence-corrected chi connectivity index (χ1v) is 7.36. The molecule has 5 heteroatoms. The minimum absolute atomic E-state index is 0.187. The zero-order valence-electron chi connectivity index (χ0n) is 14.1. The normalized spacial score (nSPS) is 11.1. The van der Waals surface area contributed by atoms with Crippen LogP contribution in [0.3, 0.4) is 0 Å². The van der Waals surface area contributed by atoms with Gasteiger partial charge in [0.05, 0.1) is 14.2 Å². The molecule has 126 valence electrons. The fourth-order valence-electron chi connectivity index (χ4n) is 2.11. The van der Waals surface area contributed by atoms with Crippen molar-refractivity contribution >= 4 is 12.0 Å². The van der Waals surface area contributed by atoms with Crippen molar-refractivity contribution in [2.75, 3.05) is 14.2 Å². The number of rotatable bonds is 6. The number of hydrogen-bond acceptors (Lipinski definition) is 4. The van der Waals surface area contributed by atoms with E-state index in [1.807, 2.05) is 32.0 Å². The number of carboxylic acid groups (broad SMARTS) is 1. The molecule has 0 spiro atoms. The number of ether oxygens (including phenoxy) is 3. The van der Waals surface area contributed by atoms with Gasteiger partial charge in [0.1, 0.15) is 17.2 Å². The Morgan fingerprint density at radius 1 is 0.917 bits per heavy atom. The first-order valence-electron chi connectivity index (χ1n) is 7.36. The van der Waals surface area contributed by atoms with Crippen LogP contribution in [0.5, 0.6) is 17.2 Å². The highest BCUT2D eigenvalue weighted by Gasteiger charge is 2.13. The van der Waals surface area contributed by atoms with Gasteiger partial charge in [-0.05, 0) is 36.6 Å². The van der Waals surface area contributed by atoms with Gasteiger partial charge in [0.25, 0.3) is 0 Å². The first kappa shape index (κ1) is 17.4. The zero-order chi connectivity index (χ0) is 17.7. The Labute approximate surface area is 141 Å². The van der Waals surface area contributed by atoms with Gasteiger partial charge in [-0.2, -0.15) is 0 Å². The van der Waals surface area contributed by atoms with Crippen LogP contribution < -0.4 is 14.2 Å². The molecule has 1 N–H and O–H groups in total. The molecule has 0 atom stereocenters. The van der Waals surface area contributed by atoms with Gasteiger partial charge in [0.2, 0.25) is 5.76 Å². The summed E-state index contributed by atoms with van der Waals surface area (Å²) in [5.74, 6) is 0.00722. The Hall–Kier alpha value is -2.95. The van der Waals surface area contributed by atoms with Crippen molar-refractivity contribution in [1.29, 1.82) is 0 Å². The fourth-order valence-corrected chi connectivity index (χ4v) is 2.11. The minimum Gasteiger partial charge on any atom is -0.496 e. The zero-order valence-corrected chi connectivity index (χ0v) is 14.1. The maximum absolute atomic E-state index is 11.5. The molecule has 0 heterocycles. The molecule has 2 rings (SSSR count). The molecule has 0 saturated carbocycles. The van der Waals surface area contributed by atoms with Gasteiger partial charge >= 0.3 is 5.97 Å². The molecule has 0 fully saturated rings. The molecule has 2 aromatic rings. The molecule has 0 aliphatic rings. The molecular formula is C19H20O5. The van der Waals surface area contributed by atoms with E-state index in [-0.39, 0.29) is 5.76 Å². The third-order valence-corrected chi connectivity index (χ3v) is 3.59. The SMILES string of the molecule is COc1cc(OC)cc(OC(=Cc2ccc(C)c(C)c2)C(=O)O)c1. The van der Waals surface area contributed by atoms with E-state index in [1.54, 1.807) is 18.2 Å². The van der Waals surface area contributed by atoms with E-state index in [4.69, 9.17) is 14.2 Å². The van der Waals surface area contributed by atoms with Crippen LogP contribution in [0.1, 0.15) is 16.7 Å². The highest BCUT2D eigenvalue weighted by Crippen LogP contribution is 2.29. The van der Waals surface area contributed by atoms with Crippen molar-refractivity contribution in [3.05, 3.63) is 58.8 Å². The van der Waals surface area contributed by atoms with Crippen LogP contribution in [-0.4, -0.2) is 25.3 Å². The van der Waals surface area contributed by atoms with Crippen LogP contribution in [0.25, 0.3) is 6.08 Å². The third kappa shape index (κ3) is 4.29. The van der Waals surface area contributed by atoms with Crippen molar-refractivity contribution in [1.82, 2.24) is 0 Å². The number of methoxy groups -OCH3 is 2. The number of carbonyl (C=O) groups is 1. The predicted molar refractivity (Wildman–Crippen MR) is 91.7 cm³/mol. The average Bonchev–Trinajstić information content (AvgIpc) is 2.57. The Kier molecular flexibility index (Phi) is 5.47. The van der Waals surface area contributed by atoms with Crippen LogP contribution in [0, 0.1) is 13.8 Å². The van der Waals surface area contributed by atoms with Crippen LogP contribution in [0.15, 0.2) is 42.2 Å². The van der Waals surface area contributed by atoms with Gasteiger partial charge in [0, 0.05) is 18.2 Å². The lowest BCUT2D eigenvalue weighted by Gasteiger charge is -2.10. The summed E-state index contributed by atoms with van der Waals surface area (Å²) in [6, 6.07) is 10.6. The summed E-state index contributed by atoms with van der Waals surface area (Å²) < 4.78 is 15.9. The second kappa shape index (κ2) is 7.55. The van der Waals surface area contributed by atoms with Crippen LogP contribution in [0.2, 0.25) is 0 Å². The summed E-state index contributed by atoms with van der Waals surface area (Å²) >= 11 is 0. The number of aliphatic carboxylic acids is 1. The first-order chi connectivity index (χ1) is 11.4. The molecule has 0 bridgehead atoms. The number of aryl methyl sites for hydroxylation is 2. The van der Waals surface area contributed by atoms with E-state index in [9.17, 15) is 9.90 Å². The quantitative estimate of drug-likeness (QED) is 0.645. The number of carboxylic acids is 1. The van der Waals surface area contributed by atoms with Gasteiger partial charge in [-0.1, -0.05) is 18.2 Å². The average molecular weight is 328 g/mol. The standard InChI is InChI=1S/C19H20O5/c1-12-5-6-14(7-13(12)2)8-18(19(20)21)24-17-10-15(22-3)9-16(11-17)23-4/h5-11H,1-4H3,(H,20,21). The molecule has 0 unspecified atom stereocenters. The molecule has 0 saturated heterocycles. The maximum atomic E-state index is 11.5. The van der Waals surface area contributed by atoms with Gasteiger partial charge in [-0.15, -0.1) is 0 Å². The molecule has 2 aromatic carbocycles. The van der Waals surface area contributed by atoms with Crippen molar-refractivity contribution < 1.29 is 24.1 Å². The number of hydrogen-bond donors (Lipinski definition) is 1. The smallest absolute Gasteiger partial charge is 0.371 e. The van der Waals surface area contributed by atoms with E-state index >= 15 is 0 Å². The van der Waals surface area contributed by atoms with Gasteiger partial charge in [-0.25, -0.2) is 4.79 Å². The summed E-state index contributed by atoms with van der Waals surface area (Å²) in [6.07, 6.45) is 1.49. The molecule has 24 heavy (non-hydrogen) atoms. The van der Waals surface area contributed by atoms with Crippen LogP contribution in [0.4, 0.5) is 0 Å². The predicted octanol–water partition coefficient (Wildman–Crippen LogP) is 3.83. The lowest BCUT2D eigenvalue weighted by atomic mass is 10.1. The topological polar surface area (TPSA) is 65.0 Å². The van der Waals surface area contributed by atoms with Gasteiger partial charge < -0.3 is 19.3 Å². The molecule has 0 aromatic heterocycles. The van der Waals surface area contributed by atoms with Crippen molar-refractivity contribution in [2.24, 2.45) is 0 Å². The fraction of sp³-hybridized carbons (Fsp3) is 0.211. The summed E-state index contributed by atoms with van der Waals surface area (Å²) in [7, 11) is 3.03. The lowest BCUT2D eigenvalue weighted by molar-refractivity contribution is -0.134. The molecule has 5 nitrogen and oxygen atoms in total. The van der Waals surface area contributed by atoms with Crippen molar-refractivity contribution in [3.63, 3.8) is 0 Å². The van der Waals surface area contributed by atoms with Crippen molar-refractivity contribution in [3.8, 4) is 17.2 Å². The number of benzene rings is 2. The Morgan fingerprint density at radius 3 is 2.00 bits per heavy atom. The summed E-state index contributed by atoms with van der Waals surface area (Å²) in [5.41, 5.74) is 2.98. The highest BCUT2D eigenvalue weighted by atomic mass is 16.5. The second-order valence-electron chi connectivity index (χ2n) is 5.31. The molecular weight excluding hydrogens is 308 g/mol. The molecule has 0 amide bonds. The third-order valence-electron chi connectivity index (χ3n) is 3.59. The summed E-state index contributed by atoms with van der Waals surface area (Å²) in [4.78, 5) is 11.5. The van der Waals surface area contributed by atoms with Gasteiger partial charge in [-0.3, -0.25) is 0 Å². The van der Waals surface area contributed by atoms with E-state index in [0.29, 0.717) is 17.2 Å². The largest absolute Gasteiger partial charge is 0.496 e. The van der Waals surface area contributed by atoms with E-state index in [0.717, 1.165) is 16.7 Å². The van der Waals surface area contributed by atoms with Crippen LogP contribution in [-0.2, 0) is 4.79 Å². The maximum Gasteiger partial charge on any atom is 0.371 e. The van der Waals surface area contributed by atoms with E-state index in [2.05, 4.69) is 0 Å². The van der Waals surface area contributed by atoms with Gasteiger partial charge in [0.15, 0.2) is 0 Å². The molecule has 0 radical (unpaired) electrons. The monoisotopic (exact) mass is 328 g/mol. The molecule has 0 aliphatic carbocycles. The van der Waals surface area contributed by atoms with Crippen molar-refractivity contribution in [2.45, 2.75) is 13.8 Å². The molecule has 0 aliphatic heterocycles. The Morgan fingerprint density at radius 2 is 1.50 bits per heavy atom. The minimum atomic E-state index is -1.16. The van der Waals surface area contributed by atoms with E-state index in [1.165, 1.54) is 20.3 Å². The summed E-state index contributed by atoms with van der Waals surface area (Å²) in [5, 5.41) is 9.42. The highest BCUT2D eigenvalue weighted by molar-refractivity contribution is 5.90. The lowest BCUT2D eigenvalue weighted by Crippen LogP contribution is -2.08. The second-order valence-corrected chi connectivity index (χ2v) is 5.31.